The van der Waals surface area contributed by atoms with Crippen molar-refractivity contribution >= 4 is 72.7 Å². The first-order valence-corrected chi connectivity index (χ1v) is 22.2. The van der Waals surface area contributed by atoms with E-state index < -0.39 is 99.9 Å². The molecule has 0 saturated carbocycles. The maximum atomic E-state index is 13.8. The Labute approximate surface area is 331 Å². The van der Waals surface area contributed by atoms with E-state index in [1.807, 2.05) is 0 Å². The summed E-state index contributed by atoms with van der Waals surface area (Å²) in [6, 6.07) is -2.71. The van der Waals surface area contributed by atoms with Gasteiger partial charge in [-0.15, -0.1) is 0 Å². The molecule has 2 fully saturated rings. The molecule has 6 rings (SSSR count). The summed E-state index contributed by atoms with van der Waals surface area (Å²) in [6.45, 7) is 0. The maximum Gasteiger partial charge on any atom is 0.529 e. The van der Waals surface area contributed by atoms with E-state index in [1.54, 1.807) is 0 Å². The molecule has 2 unspecified atom stereocenters. The van der Waals surface area contributed by atoms with Crippen LogP contribution in [-0.2, 0) is 27.4 Å². The van der Waals surface area contributed by atoms with Crippen molar-refractivity contribution in [3.8, 4) is 0 Å². The number of carbonyl (C=O) groups excluding carboxylic acids is 1. The number of aliphatic hydroxyl groups excluding tert-OH is 4. The molecule has 4 aromatic rings. The zero-order valence-corrected chi connectivity index (χ0v) is 32.7. The molecule has 0 spiro atoms. The molecule has 2 aliphatic rings. The van der Waals surface area contributed by atoms with Gasteiger partial charge in [-0.2, -0.15) is 0 Å². The first-order valence-electron chi connectivity index (χ1n) is 17.6. The Hall–Kier alpha value is -4.71. The lowest BCUT2D eigenvalue weighted by molar-refractivity contribution is -0.139. The smallest absolute Gasteiger partial charge is 0.480 e. The van der Waals surface area contributed by atoms with Gasteiger partial charge in [-0.05, 0) is 25.4 Å². The molecule has 0 aromatic carbocycles. The molecule has 320 valence electrons. The summed E-state index contributed by atoms with van der Waals surface area (Å²) < 4.78 is 26.8. The molecule has 12 atom stereocenters. The monoisotopic (exact) mass is 858 g/mol. The minimum atomic E-state index is -2.82. The van der Waals surface area contributed by atoms with Crippen molar-refractivity contribution < 1.29 is 62.9 Å². The van der Waals surface area contributed by atoms with Crippen molar-refractivity contribution in [3.63, 3.8) is 0 Å². The Morgan fingerprint density at radius 3 is 1.43 bits per heavy atom. The predicted molar refractivity (Wildman–Crippen MR) is 206 cm³/mol. The Morgan fingerprint density at radius 1 is 0.690 bits per heavy atom. The van der Waals surface area contributed by atoms with E-state index in [0.29, 0.717) is 0 Å². The molecule has 6 heterocycles. The molecule has 25 nitrogen and oxygen atoms in total. The fraction of sp³-hybridized carbons (Fsp3) is 0.581. The molecular formula is C31H46N12O13S2. The third-order valence-electron chi connectivity index (χ3n) is 9.92. The summed E-state index contributed by atoms with van der Waals surface area (Å²) in [6.07, 6.45) is -4.51. The van der Waals surface area contributed by atoms with Gasteiger partial charge in [-0.3, -0.25) is 18.7 Å². The SMILES string of the molecule is CS(CC[C@H](N)C(=O)O)(C[C@H]1O[C@@H](n2cnc3c(N)ncnc32)[C@H](O)[C@@H]1O)OC(=O)OS(C)(CC[C@H](N)C(=O)O)C[C@H]1O[C@@H](n2cnc3c(N)ncnc32)[C@H](O)[C@@H]1O. The number of rotatable bonds is 16. The van der Waals surface area contributed by atoms with Crippen LogP contribution in [0.4, 0.5) is 16.4 Å². The van der Waals surface area contributed by atoms with E-state index in [9.17, 15) is 45.0 Å². The standard InChI is InChI=1S/C31H46N12O13S2/c1-57(5-3-13(32)29(48)49,7-15-19(44)21(46)27(53-15)42-11-40-17-23(34)36-9-38-25(17)42)55-31(52)56-58(2,6-4-14(33)30(50)51)8-16-20(45)22(47)28(54-16)43-12-41-18-24(35)37-10-39-26(18)43/h9-16,19-22,27-28,44-47H,3-8,32-33H2,1-2H3,(H,48,49)(H,50,51)(H2,34,36,38)(H2,35,37,39)/t13-,14-,15+,16+,19+,20+,21+,22+,27+,28+/m0/s1. The van der Waals surface area contributed by atoms with E-state index >= 15 is 0 Å². The lowest BCUT2D eigenvalue weighted by Gasteiger charge is -2.41. The maximum absolute atomic E-state index is 13.8. The second kappa shape index (κ2) is 16.9. The number of hydrogen-bond donors (Lipinski definition) is 10. The van der Waals surface area contributed by atoms with Gasteiger partial charge in [0, 0.05) is 23.0 Å². The Balaban J connectivity index is 1.22. The highest BCUT2D eigenvalue weighted by Gasteiger charge is 2.49. The fourth-order valence-corrected chi connectivity index (χ4v) is 11.5. The van der Waals surface area contributed by atoms with Crippen LogP contribution >= 0.6 is 20.6 Å². The quantitative estimate of drug-likeness (QED) is 0.0558. The summed E-state index contributed by atoms with van der Waals surface area (Å²) in [5, 5.41) is 63.5. The highest BCUT2D eigenvalue weighted by molar-refractivity contribution is 8.30. The van der Waals surface area contributed by atoms with Crippen LogP contribution in [0, 0.1) is 0 Å². The number of imidazole rings is 2. The number of hydrogen-bond acceptors (Lipinski definition) is 21. The van der Waals surface area contributed by atoms with Gasteiger partial charge in [-0.1, -0.05) is 20.6 Å². The molecular weight excluding hydrogens is 813 g/mol. The van der Waals surface area contributed by atoms with Crippen molar-refractivity contribution in [3.05, 3.63) is 25.3 Å². The number of nitrogen functional groups attached to an aromatic ring is 2. The van der Waals surface area contributed by atoms with Gasteiger partial charge in [0.15, 0.2) is 35.4 Å². The van der Waals surface area contributed by atoms with Crippen molar-refractivity contribution in [2.24, 2.45) is 11.5 Å². The number of nitrogens with zero attached hydrogens (tertiary/aromatic N) is 8. The van der Waals surface area contributed by atoms with Crippen LogP contribution in [0.1, 0.15) is 25.3 Å². The van der Waals surface area contributed by atoms with Crippen LogP contribution in [0.15, 0.2) is 25.3 Å². The van der Waals surface area contributed by atoms with Crippen molar-refractivity contribution in [2.75, 3.05) is 47.0 Å². The fourth-order valence-electron chi connectivity index (χ4n) is 6.66. The minimum absolute atomic E-state index is 0.0728. The average Bonchev–Trinajstić information content (AvgIpc) is 3.92. The van der Waals surface area contributed by atoms with E-state index in [2.05, 4.69) is 29.9 Å². The summed E-state index contributed by atoms with van der Waals surface area (Å²) in [5.41, 5.74) is 24.3. The molecule has 0 bridgehead atoms. The van der Waals surface area contributed by atoms with Crippen LogP contribution in [0.3, 0.4) is 0 Å². The number of aliphatic carboxylic acids is 2. The van der Waals surface area contributed by atoms with Gasteiger partial charge >= 0.3 is 18.1 Å². The highest BCUT2D eigenvalue weighted by Crippen LogP contribution is 2.54. The minimum Gasteiger partial charge on any atom is -0.480 e. The van der Waals surface area contributed by atoms with Gasteiger partial charge in [0.25, 0.3) is 0 Å². The topological polar surface area (TPSA) is 401 Å². The Bertz CT molecular complexity index is 2000. The van der Waals surface area contributed by atoms with E-state index in [4.69, 9.17) is 40.8 Å². The molecule has 0 aliphatic carbocycles. The van der Waals surface area contributed by atoms with E-state index in [0.717, 1.165) is 0 Å². The summed E-state index contributed by atoms with van der Waals surface area (Å²) in [5.74, 6) is -3.15. The van der Waals surface area contributed by atoms with Crippen LogP contribution in [-0.4, -0.2) is 172 Å². The summed E-state index contributed by atoms with van der Waals surface area (Å²) >= 11 is 0. The van der Waals surface area contributed by atoms with E-state index in [1.165, 1.54) is 47.0 Å². The molecule has 14 N–H and O–H groups in total. The molecule has 0 amide bonds. The summed E-state index contributed by atoms with van der Waals surface area (Å²) in [7, 11) is -5.64. The average molecular weight is 859 g/mol. The van der Waals surface area contributed by atoms with Crippen molar-refractivity contribution in [1.82, 2.24) is 39.0 Å². The lowest BCUT2D eigenvalue weighted by Crippen LogP contribution is -2.38. The van der Waals surface area contributed by atoms with Crippen LogP contribution in [0.2, 0.25) is 0 Å². The number of carboxylic acids is 2. The van der Waals surface area contributed by atoms with Crippen LogP contribution < -0.4 is 22.9 Å². The molecule has 0 radical (unpaired) electrons. The number of carbonyl (C=O) groups is 3. The van der Waals surface area contributed by atoms with Gasteiger partial charge in [0.05, 0.1) is 24.9 Å². The molecule has 58 heavy (non-hydrogen) atoms. The summed E-state index contributed by atoms with van der Waals surface area (Å²) in [4.78, 5) is 61.6. The van der Waals surface area contributed by atoms with Gasteiger partial charge < -0.3 is 71.4 Å². The zero-order valence-electron chi connectivity index (χ0n) is 31.1. The highest BCUT2D eigenvalue weighted by atomic mass is 32.3. The first kappa shape index (κ1) is 42.9. The van der Waals surface area contributed by atoms with E-state index in [-0.39, 0.29) is 69.8 Å². The lowest BCUT2D eigenvalue weighted by atomic mass is 10.1. The predicted octanol–water partition coefficient (Wildman–Crippen LogP) is -2.47. The number of aliphatic hydroxyl groups is 4. The normalized spacial score (nSPS) is 29.0. The van der Waals surface area contributed by atoms with Crippen LogP contribution in [0.25, 0.3) is 22.3 Å². The van der Waals surface area contributed by atoms with Crippen LogP contribution in [0.5, 0.6) is 0 Å². The Morgan fingerprint density at radius 2 is 1.07 bits per heavy atom. The number of nitrogens with two attached hydrogens (primary N) is 4. The number of carboxylic acid groups (broad SMARTS) is 2. The number of anilines is 2. The molecule has 2 saturated heterocycles. The van der Waals surface area contributed by atoms with Crippen molar-refractivity contribution in [1.29, 1.82) is 0 Å². The number of aromatic nitrogens is 8. The van der Waals surface area contributed by atoms with Gasteiger partial charge in [-0.25, -0.2) is 34.7 Å². The molecule has 4 aromatic heterocycles. The number of ether oxygens (including phenoxy) is 2. The largest absolute Gasteiger partial charge is 0.529 e. The third-order valence-corrected chi connectivity index (χ3v) is 15.3. The van der Waals surface area contributed by atoms with Crippen molar-refractivity contribution in [2.45, 2.75) is 74.0 Å². The zero-order chi connectivity index (χ0) is 42.3. The number of fused-ring (bicyclic) bond motifs is 2. The van der Waals surface area contributed by atoms with Gasteiger partial charge in [0.2, 0.25) is 0 Å². The third kappa shape index (κ3) is 8.82. The second-order valence-electron chi connectivity index (χ2n) is 14.3. The van der Waals surface area contributed by atoms with Gasteiger partial charge in [0.1, 0.15) is 60.2 Å². The molecule has 2 aliphatic heterocycles. The Kier molecular flexibility index (Phi) is 12.5. The second-order valence-corrected chi connectivity index (χ2v) is 20.8. The molecule has 27 heteroatoms. The first-order chi connectivity index (χ1) is 27.3.